The smallest absolute Gasteiger partial charge is 0.238 e. The van der Waals surface area contributed by atoms with Gasteiger partial charge in [0, 0.05) is 37.9 Å². The number of hydrogen-bond donors (Lipinski definition) is 0. The molecule has 0 saturated carbocycles. The molecule has 2 heterocycles. The van der Waals surface area contributed by atoms with E-state index in [0.29, 0.717) is 19.6 Å². The molecule has 0 amide bonds. The number of rotatable bonds is 5. The Bertz CT molecular complexity index is 838. The van der Waals surface area contributed by atoms with Crippen LogP contribution in [0.4, 0.5) is 0 Å². The minimum atomic E-state index is -3.44. The lowest BCUT2D eigenvalue weighted by Crippen LogP contribution is -2.42. The van der Waals surface area contributed by atoms with Gasteiger partial charge in [0.2, 0.25) is 0 Å². The zero-order valence-corrected chi connectivity index (χ0v) is 16.7. The van der Waals surface area contributed by atoms with E-state index in [1.165, 1.54) is 4.31 Å². The Morgan fingerprint density at radius 3 is 2.27 bits per heavy atom. The molecule has 1 aromatic carbocycles. The molecule has 0 atom stereocenters. The van der Waals surface area contributed by atoms with E-state index in [-0.39, 0.29) is 0 Å². The van der Waals surface area contributed by atoms with Crippen LogP contribution >= 0.6 is 0 Å². The summed E-state index contributed by atoms with van der Waals surface area (Å²) in [6.45, 7) is 5.51. The van der Waals surface area contributed by atoms with Crippen molar-refractivity contribution in [3.63, 3.8) is 0 Å². The average Bonchev–Trinajstić information content (AvgIpc) is 2.84. The molecule has 0 bridgehead atoms. The van der Waals surface area contributed by atoms with E-state index in [4.69, 9.17) is 0 Å². The van der Waals surface area contributed by atoms with Crippen LogP contribution in [-0.4, -0.2) is 46.9 Å². The summed E-state index contributed by atoms with van der Waals surface area (Å²) in [5.74, 6) is 0. The summed E-state index contributed by atoms with van der Waals surface area (Å²) < 4.78 is 30.9. The Morgan fingerprint density at radius 1 is 1.04 bits per heavy atom. The van der Waals surface area contributed by atoms with Crippen LogP contribution in [0.5, 0.6) is 0 Å². The number of aromatic nitrogens is 2. The van der Waals surface area contributed by atoms with E-state index in [2.05, 4.69) is 5.10 Å². The average molecular weight is 377 g/mol. The molecule has 1 aliphatic heterocycles. The fourth-order valence-electron chi connectivity index (χ4n) is 3.50. The molecule has 142 valence electrons. The third-order valence-corrected chi connectivity index (χ3v) is 7.04. The molecule has 1 aromatic heterocycles. The second-order valence-electron chi connectivity index (χ2n) is 6.97. The lowest BCUT2D eigenvalue weighted by Gasteiger charge is -2.26. The first-order valence-electron chi connectivity index (χ1n) is 9.23. The van der Waals surface area contributed by atoms with Gasteiger partial charge in [-0.1, -0.05) is 31.0 Å². The monoisotopic (exact) mass is 376 g/mol. The molecule has 1 fully saturated rings. The summed E-state index contributed by atoms with van der Waals surface area (Å²) in [6.07, 6.45) is 4.10. The fourth-order valence-corrected chi connectivity index (χ4v) is 4.90. The van der Waals surface area contributed by atoms with Crippen molar-refractivity contribution >= 4 is 10.2 Å². The molecule has 1 aliphatic rings. The normalized spacial score (nSPS) is 16.8. The molecule has 3 rings (SSSR count). The molecule has 0 radical (unpaired) electrons. The van der Waals surface area contributed by atoms with Crippen molar-refractivity contribution in [3.8, 4) is 5.69 Å². The first-order chi connectivity index (χ1) is 12.4. The van der Waals surface area contributed by atoms with Crippen LogP contribution in [0.3, 0.4) is 0 Å². The van der Waals surface area contributed by atoms with Crippen LogP contribution in [0.15, 0.2) is 30.3 Å². The van der Waals surface area contributed by atoms with E-state index in [1.54, 1.807) is 11.4 Å². The zero-order valence-electron chi connectivity index (χ0n) is 15.9. The molecule has 0 N–H and O–H groups in total. The maximum absolute atomic E-state index is 13.0. The number of aryl methyl sites for hydroxylation is 1. The van der Waals surface area contributed by atoms with E-state index in [0.717, 1.165) is 48.3 Å². The van der Waals surface area contributed by atoms with E-state index >= 15 is 0 Å². The van der Waals surface area contributed by atoms with Crippen molar-refractivity contribution < 1.29 is 8.42 Å². The van der Waals surface area contributed by atoms with Gasteiger partial charge in [0.1, 0.15) is 0 Å². The van der Waals surface area contributed by atoms with Crippen LogP contribution in [0, 0.1) is 13.8 Å². The first-order valence-corrected chi connectivity index (χ1v) is 10.6. The second-order valence-corrected chi connectivity index (χ2v) is 9.01. The Labute approximate surface area is 156 Å². The van der Waals surface area contributed by atoms with Gasteiger partial charge < -0.3 is 0 Å². The molecule has 0 unspecified atom stereocenters. The summed E-state index contributed by atoms with van der Waals surface area (Å²) in [4.78, 5) is 0. The molecule has 0 aliphatic carbocycles. The van der Waals surface area contributed by atoms with Gasteiger partial charge in [-0.3, -0.25) is 0 Å². The summed E-state index contributed by atoms with van der Waals surface area (Å²) >= 11 is 0. The standard InChI is InChI=1S/C19H28N4O2S/c1-16-19(17(2)23(20-16)18-11-7-6-8-12-18)15-21(3)26(24,25)22-13-9-4-5-10-14-22/h6-8,11-12H,4-5,9-10,13-15H2,1-3H3. The van der Waals surface area contributed by atoms with Crippen LogP contribution in [0.2, 0.25) is 0 Å². The maximum atomic E-state index is 13.0. The summed E-state index contributed by atoms with van der Waals surface area (Å²) in [5, 5.41) is 4.62. The Kier molecular flexibility index (Phi) is 5.79. The quantitative estimate of drug-likeness (QED) is 0.806. The summed E-state index contributed by atoms with van der Waals surface area (Å²) in [5.41, 5.74) is 3.79. The predicted molar refractivity (Wildman–Crippen MR) is 103 cm³/mol. The molecular weight excluding hydrogens is 348 g/mol. The van der Waals surface area contributed by atoms with Crippen LogP contribution in [-0.2, 0) is 16.8 Å². The van der Waals surface area contributed by atoms with Crippen molar-refractivity contribution in [2.24, 2.45) is 0 Å². The minimum absolute atomic E-state index is 0.337. The number of para-hydroxylation sites is 1. The third-order valence-electron chi connectivity index (χ3n) is 5.11. The molecule has 6 nitrogen and oxygen atoms in total. The Balaban J connectivity index is 1.83. The Hall–Kier alpha value is -1.70. The lowest BCUT2D eigenvalue weighted by molar-refractivity contribution is 0.362. The van der Waals surface area contributed by atoms with E-state index in [1.807, 2.05) is 48.9 Å². The lowest BCUT2D eigenvalue weighted by atomic mass is 10.2. The van der Waals surface area contributed by atoms with Crippen LogP contribution in [0.1, 0.15) is 42.6 Å². The van der Waals surface area contributed by atoms with Crippen molar-refractivity contribution in [2.45, 2.75) is 46.1 Å². The molecule has 7 heteroatoms. The Morgan fingerprint density at radius 2 is 1.65 bits per heavy atom. The molecule has 26 heavy (non-hydrogen) atoms. The minimum Gasteiger partial charge on any atom is -0.238 e. The van der Waals surface area contributed by atoms with Gasteiger partial charge in [-0.05, 0) is 38.8 Å². The van der Waals surface area contributed by atoms with Crippen LogP contribution in [0.25, 0.3) is 5.69 Å². The van der Waals surface area contributed by atoms with Gasteiger partial charge >= 0.3 is 0 Å². The van der Waals surface area contributed by atoms with Crippen LogP contribution < -0.4 is 0 Å². The third kappa shape index (κ3) is 3.84. The highest BCUT2D eigenvalue weighted by Gasteiger charge is 2.28. The topological polar surface area (TPSA) is 58.4 Å². The van der Waals surface area contributed by atoms with E-state index in [9.17, 15) is 8.42 Å². The van der Waals surface area contributed by atoms with Crippen molar-refractivity contribution in [1.29, 1.82) is 0 Å². The first kappa shape index (κ1) is 19.1. The molecular formula is C19H28N4O2S. The number of hydrogen-bond acceptors (Lipinski definition) is 3. The van der Waals surface area contributed by atoms with Gasteiger partial charge in [0.05, 0.1) is 11.4 Å². The molecule has 2 aromatic rings. The second kappa shape index (κ2) is 7.90. The van der Waals surface area contributed by atoms with Gasteiger partial charge in [0.15, 0.2) is 0 Å². The predicted octanol–water partition coefficient (Wildman–Crippen LogP) is 3.04. The SMILES string of the molecule is Cc1nn(-c2ccccc2)c(C)c1CN(C)S(=O)(=O)N1CCCCCC1. The highest BCUT2D eigenvalue weighted by Crippen LogP contribution is 2.22. The highest BCUT2D eigenvalue weighted by molar-refractivity contribution is 7.86. The molecule has 1 saturated heterocycles. The maximum Gasteiger partial charge on any atom is 0.282 e. The van der Waals surface area contributed by atoms with Crippen molar-refractivity contribution in [2.75, 3.05) is 20.1 Å². The van der Waals surface area contributed by atoms with Crippen molar-refractivity contribution in [3.05, 3.63) is 47.3 Å². The summed E-state index contributed by atoms with van der Waals surface area (Å²) in [6, 6.07) is 9.92. The highest BCUT2D eigenvalue weighted by atomic mass is 32.2. The number of benzene rings is 1. The van der Waals surface area contributed by atoms with Gasteiger partial charge in [0.25, 0.3) is 10.2 Å². The van der Waals surface area contributed by atoms with Gasteiger partial charge in [-0.2, -0.15) is 22.1 Å². The molecule has 0 spiro atoms. The fraction of sp³-hybridized carbons (Fsp3) is 0.526. The summed E-state index contributed by atoms with van der Waals surface area (Å²) in [7, 11) is -1.78. The zero-order chi connectivity index (χ0) is 18.7. The van der Waals surface area contributed by atoms with Gasteiger partial charge in [-0.25, -0.2) is 4.68 Å². The van der Waals surface area contributed by atoms with Crippen molar-refractivity contribution in [1.82, 2.24) is 18.4 Å². The number of nitrogens with zero attached hydrogens (tertiary/aromatic N) is 4. The van der Waals surface area contributed by atoms with Gasteiger partial charge in [-0.15, -0.1) is 0 Å². The van der Waals surface area contributed by atoms with E-state index < -0.39 is 10.2 Å². The largest absolute Gasteiger partial charge is 0.282 e.